The number of non-ortho nitro benzene ring substituents is 1. The van der Waals surface area contributed by atoms with Crippen molar-refractivity contribution in [1.29, 1.82) is 0 Å². The van der Waals surface area contributed by atoms with Crippen molar-refractivity contribution >= 4 is 112 Å². The van der Waals surface area contributed by atoms with Gasteiger partial charge in [-0.1, -0.05) is 111 Å². The Labute approximate surface area is 755 Å². The third-order valence-corrected chi connectivity index (χ3v) is 26.9. The molecule has 129 heavy (non-hydrogen) atoms. The molecule has 7 aliphatic rings. The van der Waals surface area contributed by atoms with Crippen molar-refractivity contribution in [3.05, 3.63) is 257 Å². The molecule has 0 saturated carbocycles. The van der Waals surface area contributed by atoms with Gasteiger partial charge in [0.1, 0.15) is 63.8 Å². The zero-order valence-corrected chi connectivity index (χ0v) is 77.9. The van der Waals surface area contributed by atoms with Crippen LogP contribution in [0.25, 0.3) is 0 Å². The second-order valence-electron chi connectivity index (χ2n) is 36.8. The van der Waals surface area contributed by atoms with E-state index in [2.05, 4.69) is 10.2 Å². The van der Waals surface area contributed by atoms with E-state index in [0.29, 0.717) is 88.1 Å². The van der Waals surface area contributed by atoms with Crippen LogP contribution in [0.5, 0.6) is 0 Å². The number of fused-ring (bicyclic) bond motifs is 5. The number of allylic oxidation sites excluding steroid dienone is 2. The molecule has 2 fully saturated rings. The molecule has 0 bridgehead atoms. The molecule has 0 radical (unpaired) electrons. The summed E-state index contributed by atoms with van der Waals surface area (Å²) in [5, 5.41) is 22.4. The number of nitrogen functional groups attached to an aromatic ring is 2. The number of para-hydroxylation sites is 1. The lowest BCUT2D eigenvalue weighted by molar-refractivity contribution is -0.385. The minimum absolute atomic E-state index is 0.00264. The molecule has 2 heterocycles. The fourth-order valence-corrected chi connectivity index (χ4v) is 19.0. The van der Waals surface area contributed by atoms with E-state index in [0.717, 1.165) is 88.8 Å². The van der Waals surface area contributed by atoms with Gasteiger partial charge >= 0.3 is 5.97 Å². The van der Waals surface area contributed by atoms with E-state index in [1.165, 1.54) is 101 Å². The average molecular weight is 1840 g/mol. The standard InChI is InChI=1S/C25H30FN3O4S.C13H18N2O4S.C12H12FNO3.C12H14FNO.2C12H13FO.C6H6FN.C5H7ClO/c1-25(2)15-17(30)13-19-21(25)11-16(12-22(19)26)27-24(31)20-14-18(34(32,33)28(3)4)7-8-23(20)29-9-5-6-10-29;1-14(2)20(18,19)10-5-6-12(11(9-10)13(16)17)15-7-3-4-8-15;1-12(2)6-8(15)5-9-10(12)3-7(14(16)17)4-11(9)13;1-12(2)6-8(15)5-9-10(12)3-7(14)4-11(9)13;2*1-12(2)7-8(14)6-9-10(12)4-3-5-11(9)13;7-5-3-1-2-4-6(5)8;1-4(2)3-5(6)7/h7-8,11-12,14H,5-6,9-10,13,15H2,1-4H3,(H,27,31);5-6,9H,3-4,7-8H2,1-2H3,(H,16,17);3-4H,5-6H2,1-2H3;3-4H,5-6,14H2,1-2H3;2*3-5H,6-7H2,1-2H3;1-4H,8H2;3H,1-2H3. The van der Waals surface area contributed by atoms with Crippen molar-refractivity contribution in [3.63, 3.8) is 0 Å². The number of carboxylic acid groups (broad SMARTS) is 1. The van der Waals surface area contributed by atoms with Crippen LogP contribution in [-0.4, -0.2) is 136 Å². The summed E-state index contributed by atoms with van der Waals surface area (Å²) in [6.45, 7) is 26.0. The first-order valence-electron chi connectivity index (χ1n) is 41.9. The molecule has 8 aromatic rings. The molecule has 8 aromatic carbocycles. The molecule has 0 aromatic heterocycles. The van der Waals surface area contributed by atoms with E-state index in [-0.39, 0.29) is 139 Å². The summed E-state index contributed by atoms with van der Waals surface area (Å²) in [5.41, 5.74) is 18.5. The number of Topliss-reactive ketones (excluding diaryl/α,β-unsaturated/α-hetero) is 5. The largest absolute Gasteiger partial charge is 0.478 e. The number of carbonyl (C=O) groups is 8. The van der Waals surface area contributed by atoms with Crippen molar-refractivity contribution in [1.82, 2.24) is 8.61 Å². The van der Waals surface area contributed by atoms with Gasteiger partial charge in [0.15, 0.2) is 0 Å². The minimum Gasteiger partial charge on any atom is -0.478 e. The first-order valence-corrected chi connectivity index (χ1v) is 45.2. The molecule has 0 spiro atoms. The van der Waals surface area contributed by atoms with Crippen LogP contribution in [-0.2, 0) is 108 Å². The molecule has 2 aliphatic heterocycles. The van der Waals surface area contributed by atoms with Gasteiger partial charge in [0, 0.05) is 142 Å². The SMILES string of the molecule is CC(C)=CC(=O)Cl.CC1(C)CC(=O)Cc2c(F)cc(N)cc21.CC1(C)CC(=O)Cc2c(F)cc([N+](=O)[O-])cc21.CC1(C)CC(=O)Cc2c(F)cccc21.CC1(C)CC(=O)Cc2c(F)cccc21.CN(C)S(=O)(=O)c1ccc(N2CCCC2)c(C(=O)Nc2cc(F)c3c(c2)C(C)(C)CC(=O)C3)c1.CN(C)S(=O)(=O)c1ccc(N2CCCC2)c(C(=O)O)c1.Nc1ccccc1F. The molecule has 5 aliphatic carbocycles. The van der Waals surface area contributed by atoms with Gasteiger partial charge in [0.05, 0.1) is 43.3 Å². The van der Waals surface area contributed by atoms with Crippen LogP contribution in [0.2, 0.25) is 0 Å². The number of nitro benzene ring substituents is 1. The van der Waals surface area contributed by atoms with E-state index in [9.17, 15) is 96.8 Å². The highest BCUT2D eigenvalue weighted by molar-refractivity contribution is 7.89. The lowest BCUT2D eigenvalue weighted by Crippen LogP contribution is -2.31. The number of anilines is 5. The number of nitro groups is 1. The van der Waals surface area contributed by atoms with Gasteiger partial charge in [-0.25, -0.2) is 56.6 Å². The number of carboxylic acids is 1. The van der Waals surface area contributed by atoms with Crippen molar-refractivity contribution in [2.75, 3.05) is 81.0 Å². The molecular formula is C97H113ClF6N8O15S2. The monoisotopic (exact) mass is 1840 g/mol. The second kappa shape index (κ2) is 42.1. The van der Waals surface area contributed by atoms with Crippen molar-refractivity contribution in [3.8, 4) is 0 Å². The molecule has 692 valence electrons. The second-order valence-corrected chi connectivity index (χ2v) is 41.4. The third kappa shape index (κ3) is 26.1. The van der Waals surface area contributed by atoms with E-state index < -0.39 is 64.6 Å². The van der Waals surface area contributed by atoms with Gasteiger partial charge in [-0.3, -0.25) is 43.7 Å². The first-order chi connectivity index (χ1) is 59.9. The van der Waals surface area contributed by atoms with Gasteiger partial charge < -0.3 is 31.7 Å². The number of halogens is 7. The molecular weight excluding hydrogens is 1730 g/mol. The Hall–Kier alpha value is -11.3. The molecule has 2 saturated heterocycles. The van der Waals surface area contributed by atoms with E-state index in [1.807, 2.05) is 86.3 Å². The summed E-state index contributed by atoms with van der Waals surface area (Å²) in [4.78, 5) is 107. The van der Waals surface area contributed by atoms with E-state index in [4.69, 9.17) is 23.1 Å². The van der Waals surface area contributed by atoms with Gasteiger partial charge in [-0.15, -0.1) is 0 Å². The lowest BCUT2D eigenvalue weighted by Gasteiger charge is -2.32. The summed E-state index contributed by atoms with van der Waals surface area (Å²) in [5.74, 6) is -3.70. The van der Waals surface area contributed by atoms with Gasteiger partial charge in [0.25, 0.3) is 11.6 Å². The van der Waals surface area contributed by atoms with Crippen molar-refractivity contribution in [2.45, 2.75) is 210 Å². The van der Waals surface area contributed by atoms with Crippen molar-refractivity contribution < 1.29 is 91.6 Å². The summed E-state index contributed by atoms with van der Waals surface area (Å²) in [6.07, 6.45) is 8.28. The first kappa shape index (κ1) is 103. The number of amides is 1. The van der Waals surface area contributed by atoms with Crippen molar-refractivity contribution in [2.24, 2.45) is 0 Å². The Morgan fingerprint density at radius 3 is 1.15 bits per heavy atom. The van der Waals surface area contributed by atoms with Crippen LogP contribution in [0.1, 0.15) is 217 Å². The maximum atomic E-state index is 14.9. The maximum Gasteiger partial charge on any atom is 0.337 e. The zero-order valence-electron chi connectivity index (χ0n) is 75.5. The zero-order chi connectivity index (χ0) is 96.3. The highest BCUT2D eigenvalue weighted by Crippen LogP contribution is 2.44. The number of hydrogen-bond acceptors (Lipinski definition) is 18. The Morgan fingerprint density at radius 2 is 0.798 bits per heavy atom. The Balaban J connectivity index is 0.000000190. The minimum atomic E-state index is -3.74. The number of rotatable bonds is 11. The average Bonchev–Trinajstić information content (AvgIpc) is 1.04. The van der Waals surface area contributed by atoms with Crippen LogP contribution < -0.4 is 26.6 Å². The third-order valence-electron chi connectivity index (χ3n) is 23.2. The van der Waals surface area contributed by atoms with Gasteiger partial charge in [-0.05, 0) is 225 Å². The summed E-state index contributed by atoms with van der Waals surface area (Å²) >= 11 is 4.96. The van der Waals surface area contributed by atoms with E-state index in [1.54, 1.807) is 62.4 Å². The highest BCUT2D eigenvalue weighted by atomic mass is 35.5. The van der Waals surface area contributed by atoms with Crippen LogP contribution in [0.3, 0.4) is 0 Å². The quantitative estimate of drug-likeness (QED) is 0.0233. The number of sulfonamides is 2. The number of carbonyl (C=O) groups excluding carboxylic acids is 7. The van der Waals surface area contributed by atoms with Crippen LogP contribution >= 0.6 is 11.6 Å². The van der Waals surface area contributed by atoms with Crippen LogP contribution in [0, 0.1) is 45.0 Å². The van der Waals surface area contributed by atoms with Gasteiger partial charge in [-0.2, -0.15) is 0 Å². The molecule has 1 amide bonds. The summed E-state index contributed by atoms with van der Waals surface area (Å²) in [7, 11) is -1.65. The molecule has 0 unspecified atom stereocenters. The predicted octanol–water partition coefficient (Wildman–Crippen LogP) is 18.0. The smallest absolute Gasteiger partial charge is 0.337 e. The van der Waals surface area contributed by atoms with Crippen LogP contribution in [0.4, 0.5) is 60.5 Å². The molecule has 6 N–H and O–H groups in total. The number of ketones is 5. The number of hydrogen-bond donors (Lipinski definition) is 4. The molecule has 32 heteroatoms. The normalized spacial score (nSPS) is 16.8. The van der Waals surface area contributed by atoms with Gasteiger partial charge in [0.2, 0.25) is 25.3 Å². The summed E-state index contributed by atoms with van der Waals surface area (Å²) < 4.78 is 133. The van der Waals surface area contributed by atoms with E-state index >= 15 is 0 Å². The summed E-state index contributed by atoms with van der Waals surface area (Å²) in [6, 6.07) is 33.4. The number of nitrogens with one attached hydrogen (secondary N) is 1. The molecule has 0 atom stereocenters. The number of benzene rings is 8. The topological polar surface area (TPSA) is 345 Å². The lowest BCUT2D eigenvalue weighted by atomic mass is 9.72. The predicted molar refractivity (Wildman–Crippen MR) is 488 cm³/mol. The Morgan fingerprint density at radius 1 is 0.457 bits per heavy atom. The fraction of sp³-hybridized carbons (Fsp3) is 0.402. The van der Waals surface area contributed by atoms with Crippen LogP contribution in [0.15, 0.2) is 155 Å². The fourth-order valence-electron chi connectivity index (χ4n) is 16.9. The number of nitrogens with two attached hydrogens (primary N) is 2. The highest BCUT2D eigenvalue weighted by Gasteiger charge is 2.40. The Kier molecular flexibility index (Phi) is 33.7. The number of nitrogens with zero attached hydrogens (tertiary/aromatic N) is 5. The molecule has 15 rings (SSSR count). The maximum absolute atomic E-state index is 14.9. The molecule has 23 nitrogen and oxygen atoms in total. The number of aromatic carboxylic acids is 1. The Bertz CT molecular complexity index is 5840.